The second-order valence-electron chi connectivity index (χ2n) is 5.01. The van der Waals surface area contributed by atoms with Crippen molar-refractivity contribution in [1.82, 2.24) is 4.98 Å². The molecule has 0 bridgehead atoms. The van der Waals surface area contributed by atoms with Gasteiger partial charge in [-0.2, -0.15) is 13.2 Å². The molecule has 0 aliphatic rings. The van der Waals surface area contributed by atoms with E-state index in [9.17, 15) is 27.2 Å². The van der Waals surface area contributed by atoms with Crippen LogP contribution in [0.3, 0.4) is 0 Å². The highest BCUT2D eigenvalue weighted by molar-refractivity contribution is 6.33. The van der Waals surface area contributed by atoms with E-state index in [1.165, 1.54) is 18.2 Å². The van der Waals surface area contributed by atoms with Gasteiger partial charge in [0.25, 0.3) is 5.91 Å². The molecule has 0 spiro atoms. The number of alkyl halides is 3. The molecule has 0 unspecified atom stereocenters. The third kappa shape index (κ3) is 6.41. The number of anilines is 1. The largest absolute Gasteiger partial charge is 0.482 e. The lowest BCUT2D eigenvalue weighted by Crippen LogP contribution is -2.24. The van der Waals surface area contributed by atoms with Crippen LogP contribution in [-0.4, -0.2) is 30.1 Å². The zero-order chi connectivity index (χ0) is 20.0. The highest BCUT2D eigenvalue weighted by Gasteiger charge is 2.31. The molecule has 1 aromatic carbocycles. The van der Waals surface area contributed by atoms with E-state index in [4.69, 9.17) is 16.3 Å². The molecule has 0 saturated heterocycles. The van der Waals surface area contributed by atoms with Crippen LogP contribution in [0.25, 0.3) is 0 Å². The molecule has 2 rings (SSSR count). The fraction of sp³-hybridized carbons (Fsp3) is 0.188. The predicted molar refractivity (Wildman–Crippen MR) is 85.7 cm³/mol. The van der Waals surface area contributed by atoms with Crippen LogP contribution in [0.4, 0.5) is 23.4 Å². The summed E-state index contributed by atoms with van der Waals surface area (Å²) >= 11 is 5.64. The molecular weight excluding hydrogens is 396 g/mol. The Balaban J connectivity index is 1.81. The number of carbonyl (C=O) groups excluding carboxylic acids is 2. The van der Waals surface area contributed by atoms with Crippen molar-refractivity contribution in [3.63, 3.8) is 0 Å². The van der Waals surface area contributed by atoms with Crippen LogP contribution in [0.2, 0.25) is 5.02 Å². The molecule has 11 heteroatoms. The quantitative estimate of drug-likeness (QED) is 0.587. The van der Waals surface area contributed by atoms with Crippen molar-refractivity contribution in [2.24, 2.45) is 0 Å². The summed E-state index contributed by atoms with van der Waals surface area (Å²) in [5.41, 5.74) is -1.08. The van der Waals surface area contributed by atoms with Gasteiger partial charge >= 0.3 is 12.1 Å². The summed E-state index contributed by atoms with van der Waals surface area (Å²) in [5.74, 6) is -2.57. The Hall–Kier alpha value is -2.88. The number of amides is 1. The van der Waals surface area contributed by atoms with Crippen molar-refractivity contribution >= 4 is 29.3 Å². The first-order valence-electron chi connectivity index (χ1n) is 7.22. The number of ether oxygens (including phenoxy) is 2. The molecule has 1 aromatic heterocycles. The lowest BCUT2D eigenvalue weighted by Gasteiger charge is -2.10. The van der Waals surface area contributed by atoms with Crippen LogP contribution < -0.4 is 10.1 Å². The van der Waals surface area contributed by atoms with E-state index in [1.54, 1.807) is 0 Å². The topological polar surface area (TPSA) is 77.5 Å². The van der Waals surface area contributed by atoms with E-state index in [1.807, 2.05) is 0 Å². The van der Waals surface area contributed by atoms with Gasteiger partial charge in [0.05, 0.1) is 10.6 Å². The van der Waals surface area contributed by atoms with E-state index in [2.05, 4.69) is 15.0 Å². The number of hydrogen-bond acceptors (Lipinski definition) is 5. The summed E-state index contributed by atoms with van der Waals surface area (Å²) in [7, 11) is 0. The van der Waals surface area contributed by atoms with Crippen LogP contribution >= 0.6 is 11.6 Å². The number of nitrogens with zero attached hydrogens (tertiary/aromatic N) is 1. The van der Waals surface area contributed by atoms with Crippen molar-refractivity contribution in [3.05, 3.63) is 52.9 Å². The maximum Gasteiger partial charge on any atom is 0.417 e. The Morgan fingerprint density at radius 3 is 2.56 bits per heavy atom. The van der Waals surface area contributed by atoms with Gasteiger partial charge in [-0.25, -0.2) is 14.2 Å². The monoisotopic (exact) mass is 406 g/mol. The molecule has 1 amide bonds. The lowest BCUT2D eigenvalue weighted by atomic mass is 10.3. The van der Waals surface area contributed by atoms with Gasteiger partial charge in [0.2, 0.25) is 0 Å². The number of pyridine rings is 1. The van der Waals surface area contributed by atoms with Gasteiger partial charge in [0.15, 0.2) is 19.0 Å². The number of nitrogens with one attached hydrogen (secondary N) is 1. The SMILES string of the molecule is O=C(COC(=O)COc1cccc(F)c1)Nc1ncc(C(F)(F)F)cc1Cl. The first-order valence-corrected chi connectivity index (χ1v) is 7.59. The Bertz CT molecular complexity index is 845. The second-order valence-corrected chi connectivity index (χ2v) is 5.41. The molecule has 1 N–H and O–H groups in total. The number of aromatic nitrogens is 1. The molecule has 1 heterocycles. The summed E-state index contributed by atoms with van der Waals surface area (Å²) in [6.07, 6.45) is -4.13. The molecule has 0 atom stereocenters. The second kappa shape index (κ2) is 8.67. The molecule has 2 aromatic rings. The Morgan fingerprint density at radius 2 is 1.93 bits per heavy atom. The van der Waals surface area contributed by atoms with Crippen LogP contribution in [0.15, 0.2) is 36.5 Å². The van der Waals surface area contributed by atoms with Gasteiger partial charge in [-0.1, -0.05) is 17.7 Å². The molecule has 6 nitrogen and oxygen atoms in total. The van der Waals surface area contributed by atoms with Crippen LogP contribution in [0.5, 0.6) is 5.75 Å². The fourth-order valence-corrected chi connectivity index (χ4v) is 1.95. The van der Waals surface area contributed by atoms with Crippen LogP contribution in [0.1, 0.15) is 5.56 Å². The summed E-state index contributed by atoms with van der Waals surface area (Å²) in [6.45, 7) is -1.32. The zero-order valence-electron chi connectivity index (χ0n) is 13.3. The van der Waals surface area contributed by atoms with Gasteiger partial charge in [-0.15, -0.1) is 0 Å². The third-order valence-electron chi connectivity index (χ3n) is 2.94. The number of halogens is 5. The maximum atomic E-state index is 12.9. The Morgan fingerprint density at radius 1 is 1.19 bits per heavy atom. The normalized spacial score (nSPS) is 11.0. The molecule has 27 heavy (non-hydrogen) atoms. The average Bonchev–Trinajstić information content (AvgIpc) is 2.59. The fourth-order valence-electron chi connectivity index (χ4n) is 1.74. The number of rotatable bonds is 6. The van der Waals surface area contributed by atoms with Gasteiger partial charge in [-0.05, 0) is 18.2 Å². The Labute approximate surface area is 155 Å². The van der Waals surface area contributed by atoms with E-state index < -0.39 is 47.7 Å². The zero-order valence-corrected chi connectivity index (χ0v) is 14.1. The summed E-state index contributed by atoms with van der Waals surface area (Å²) in [5, 5.41) is 1.68. The van der Waals surface area contributed by atoms with Gasteiger partial charge in [0.1, 0.15) is 11.6 Å². The highest BCUT2D eigenvalue weighted by Crippen LogP contribution is 2.32. The van der Waals surface area contributed by atoms with Crippen molar-refractivity contribution < 1.29 is 36.6 Å². The molecular formula is C16H11ClF4N2O4. The van der Waals surface area contributed by atoms with E-state index in [0.717, 1.165) is 6.07 Å². The summed E-state index contributed by atoms with van der Waals surface area (Å²) < 4.78 is 60.1. The minimum atomic E-state index is -4.63. The number of benzene rings is 1. The van der Waals surface area contributed by atoms with Gasteiger partial charge < -0.3 is 14.8 Å². The molecule has 0 saturated carbocycles. The molecule has 144 valence electrons. The van der Waals surface area contributed by atoms with Crippen molar-refractivity contribution in [2.75, 3.05) is 18.5 Å². The number of esters is 1. The highest BCUT2D eigenvalue weighted by atomic mass is 35.5. The standard InChI is InChI=1S/C16H11ClF4N2O4/c17-12-4-9(16(19,20)21)6-22-15(12)23-13(24)7-27-14(25)8-26-11-3-1-2-10(18)5-11/h1-6H,7-8H2,(H,22,23,24). The van der Waals surface area contributed by atoms with Crippen molar-refractivity contribution in [3.8, 4) is 5.75 Å². The van der Waals surface area contributed by atoms with Crippen LogP contribution in [0, 0.1) is 5.82 Å². The average molecular weight is 407 g/mol. The Kier molecular flexibility index (Phi) is 6.56. The predicted octanol–water partition coefficient (Wildman–Crippen LogP) is 3.45. The third-order valence-corrected chi connectivity index (χ3v) is 3.23. The molecule has 0 radical (unpaired) electrons. The molecule has 0 fully saturated rings. The lowest BCUT2D eigenvalue weighted by molar-refractivity contribution is -0.149. The maximum absolute atomic E-state index is 12.9. The first kappa shape index (κ1) is 20.4. The smallest absolute Gasteiger partial charge is 0.417 e. The van der Waals surface area contributed by atoms with Crippen molar-refractivity contribution in [2.45, 2.75) is 6.18 Å². The van der Waals surface area contributed by atoms with Crippen LogP contribution in [-0.2, 0) is 20.5 Å². The van der Waals surface area contributed by atoms with E-state index in [-0.39, 0.29) is 11.6 Å². The summed E-state index contributed by atoms with van der Waals surface area (Å²) in [4.78, 5) is 26.6. The minimum absolute atomic E-state index is 0.0946. The molecule has 0 aliphatic heterocycles. The minimum Gasteiger partial charge on any atom is -0.482 e. The number of carbonyl (C=O) groups is 2. The molecule has 0 aliphatic carbocycles. The number of hydrogen-bond donors (Lipinski definition) is 1. The van der Waals surface area contributed by atoms with E-state index in [0.29, 0.717) is 12.3 Å². The first-order chi connectivity index (χ1) is 12.6. The summed E-state index contributed by atoms with van der Waals surface area (Å²) in [6, 6.07) is 5.64. The van der Waals surface area contributed by atoms with Gasteiger partial charge in [-0.3, -0.25) is 4.79 Å². The van der Waals surface area contributed by atoms with Gasteiger partial charge in [0, 0.05) is 12.3 Å². The van der Waals surface area contributed by atoms with Crippen molar-refractivity contribution in [1.29, 1.82) is 0 Å². The van der Waals surface area contributed by atoms with E-state index >= 15 is 0 Å².